The summed E-state index contributed by atoms with van der Waals surface area (Å²) >= 11 is 5.01. The van der Waals surface area contributed by atoms with Gasteiger partial charge in [-0.2, -0.15) is 0 Å². The van der Waals surface area contributed by atoms with E-state index >= 15 is 0 Å². The third-order valence-electron chi connectivity index (χ3n) is 3.33. The lowest BCUT2D eigenvalue weighted by Crippen LogP contribution is -1.92. The minimum absolute atomic E-state index is 0.674. The molecular weight excluding hydrogens is 251 g/mol. The molecule has 0 saturated heterocycles. The lowest BCUT2D eigenvalue weighted by molar-refractivity contribution is 0.300. The molecule has 2 N–H and O–H groups in total. The summed E-state index contributed by atoms with van der Waals surface area (Å²) in [4.78, 5) is 7.64. The van der Waals surface area contributed by atoms with Crippen molar-refractivity contribution in [2.75, 3.05) is 6.61 Å². The fourth-order valence-corrected chi connectivity index (χ4v) is 2.70. The van der Waals surface area contributed by atoms with Crippen LogP contribution >= 0.6 is 6.49 Å². The molecular formula is C13H27O2PS+2. The van der Waals surface area contributed by atoms with Crippen molar-refractivity contribution in [2.45, 2.75) is 64.7 Å². The van der Waals surface area contributed by atoms with Gasteiger partial charge >= 0.3 is 6.49 Å². The Kier molecular flexibility index (Phi) is 7.77. The molecule has 1 aliphatic rings. The molecule has 17 heavy (non-hydrogen) atoms. The highest BCUT2D eigenvalue weighted by Gasteiger charge is 2.27. The first-order valence-electron chi connectivity index (χ1n) is 6.94. The van der Waals surface area contributed by atoms with Gasteiger partial charge in [-0.05, 0) is 12.3 Å². The van der Waals surface area contributed by atoms with Crippen molar-refractivity contribution in [2.24, 2.45) is 5.92 Å². The monoisotopic (exact) mass is 278 g/mol. The second-order valence-electron chi connectivity index (χ2n) is 5.04. The van der Waals surface area contributed by atoms with E-state index in [1.54, 1.807) is 6.16 Å². The summed E-state index contributed by atoms with van der Waals surface area (Å²) in [5, 5.41) is 0. The standard InChI is InChI=1S/C13H25O2PS/c1-2-16(14,17)15-12-8-6-4-3-5-7-9-13-10-11-13/h2,13H,3-12H2,1H3/p+2. The Morgan fingerprint density at radius 1 is 1.18 bits per heavy atom. The molecule has 0 radical (unpaired) electrons. The molecule has 0 spiro atoms. The Labute approximate surface area is 111 Å². The maximum atomic E-state index is 7.64. The Balaban J connectivity index is 1.76. The van der Waals surface area contributed by atoms with E-state index in [0.29, 0.717) is 6.61 Å². The van der Waals surface area contributed by atoms with Gasteiger partial charge in [0.2, 0.25) is 6.16 Å². The predicted molar refractivity (Wildman–Crippen MR) is 78.9 cm³/mol. The van der Waals surface area contributed by atoms with Crippen LogP contribution in [-0.2, 0) is 16.3 Å². The fourth-order valence-electron chi connectivity index (χ4n) is 1.92. The summed E-state index contributed by atoms with van der Waals surface area (Å²) in [5.74, 6) is 1.09. The van der Waals surface area contributed by atoms with Gasteiger partial charge in [0, 0.05) is 0 Å². The van der Waals surface area contributed by atoms with Gasteiger partial charge < -0.3 is 4.89 Å². The van der Waals surface area contributed by atoms with Crippen LogP contribution in [0.5, 0.6) is 0 Å². The summed E-state index contributed by atoms with van der Waals surface area (Å²) in [6, 6.07) is 0. The topological polar surface area (TPSA) is 32.1 Å². The molecule has 1 rings (SSSR count). The van der Waals surface area contributed by atoms with Gasteiger partial charge in [0.25, 0.3) is 0 Å². The van der Waals surface area contributed by atoms with Crippen molar-refractivity contribution in [3.8, 4) is 0 Å². The second kappa shape index (κ2) is 8.53. The minimum atomic E-state index is -2.29. The first-order chi connectivity index (χ1) is 8.14. The summed E-state index contributed by atoms with van der Waals surface area (Å²) in [6.45, 7) is 0.215. The van der Waals surface area contributed by atoms with Crippen LogP contribution < -0.4 is 0 Å². The molecule has 0 aromatic carbocycles. The number of hydrogen-bond donors (Lipinski definition) is 0. The molecule has 2 nitrogen and oxygen atoms in total. The molecule has 0 heterocycles. The van der Waals surface area contributed by atoms with Crippen molar-refractivity contribution in [1.82, 2.24) is 0 Å². The van der Waals surface area contributed by atoms with Gasteiger partial charge in [-0.25, -0.2) is 0 Å². The number of hydrogen-bond acceptors (Lipinski definition) is 2. The largest absolute Gasteiger partial charge is 0.507 e. The van der Waals surface area contributed by atoms with Crippen LogP contribution in [0.15, 0.2) is 0 Å². The number of unbranched alkanes of at least 4 members (excludes halogenated alkanes) is 5. The Hall–Kier alpha value is 0.440. The third-order valence-corrected chi connectivity index (χ3v) is 5.52. The quantitative estimate of drug-likeness (QED) is 0.243. The third kappa shape index (κ3) is 9.07. The van der Waals surface area contributed by atoms with E-state index in [-0.39, 0.29) is 0 Å². The lowest BCUT2D eigenvalue weighted by atomic mass is 10.1. The molecule has 0 aliphatic heterocycles. The van der Waals surface area contributed by atoms with Crippen molar-refractivity contribution >= 4 is 18.3 Å². The van der Waals surface area contributed by atoms with Crippen molar-refractivity contribution in [3.05, 3.63) is 6.16 Å². The van der Waals surface area contributed by atoms with Crippen molar-refractivity contribution in [3.63, 3.8) is 0 Å². The van der Waals surface area contributed by atoms with Crippen LogP contribution in [0.25, 0.3) is 0 Å². The zero-order valence-corrected chi connectivity index (χ0v) is 12.7. The van der Waals surface area contributed by atoms with Gasteiger partial charge in [0.15, 0.2) is 0 Å². The van der Waals surface area contributed by atoms with E-state index in [1.807, 2.05) is 6.92 Å². The highest BCUT2D eigenvalue weighted by Crippen LogP contribution is 2.45. The molecule has 100 valence electrons. The smallest absolute Gasteiger partial charge is 0.378 e. The average Bonchev–Trinajstić information content (AvgIpc) is 3.11. The molecule has 0 bridgehead atoms. The maximum Gasteiger partial charge on any atom is 0.507 e. The molecule has 1 aliphatic carbocycles. The molecule has 1 fully saturated rings. The summed E-state index contributed by atoms with van der Waals surface area (Å²) in [6.07, 6.45) is 14.0. The van der Waals surface area contributed by atoms with Gasteiger partial charge in [0.05, 0.1) is 25.3 Å². The van der Waals surface area contributed by atoms with Crippen molar-refractivity contribution < 1.29 is 9.42 Å². The van der Waals surface area contributed by atoms with Crippen LogP contribution in [0.4, 0.5) is 0 Å². The molecule has 4 heteroatoms. The number of rotatable bonds is 11. The predicted octanol–water partition coefficient (Wildman–Crippen LogP) is 4.36. The van der Waals surface area contributed by atoms with E-state index in [0.717, 1.165) is 12.3 Å². The lowest BCUT2D eigenvalue weighted by Gasteiger charge is -2.03. The first-order valence-corrected chi connectivity index (χ1v) is 9.73. The maximum absolute atomic E-state index is 7.64. The zero-order valence-electron chi connectivity index (χ0n) is 11.0. The van der Waals surface area contributed by atoms with E-state index < -0.39 is 6.49 Å². The van der Waals surface area contributed by atoms with Crippen LogP contribution in [0, 0.1) is 12.1 Å². The van der Waals surface area contributed by atoms with Gasteiger partial charge in [-0.15, -0.1) is 0 Å². The van der Waals surface area contributed by atoms with E-state index in [1.165, 1.54) is 51.4 Å². The van der Waals surface area contributed by atoms with Gasteiger partial charge in [-0.1, -0.05) is 51.4 Å². The SMILES string of the molecule is C[CH+]P([OH2+])(=S)OCCCCCCCCC1CC1. The van der Waals surface area contributed by atoms with E-state index in [4.69, 9.17) is 21.2 Å². The van der Waals surface area contributed by atoms with E-state index in [2.05, 4.69) is 0 Å². The van der Waals surface area contributed by atoms with Crippen molar-refractivity contribution in [1.29, 1.82) is 0 Å². The average molecular weight is 278 g/mol. The summed E-state index contributed by atoms with van der Waals surface area (Å²) in [5.41, 5.74) is 0. The summed E-state index contributed by atoms with van der Waals surface area (Å²) < 4.78 is 5.38. The normalized spacial score (nSPS) is 18.9. The van der Waals surface area contributed by atoms with Crippen LogP contribution in [-0.4, -0.2) is 11.5 Å². The van der Waals surface area contributed by atoms with Crippen LogP contribution in [0.1, 0.15) is 64.7 Å². The van der Waals surface area contributed by atoms with Gasteiger partial charge in [0.1, 0.15) is 0 Å². The van der Waals surface area contributed by atoms with Gasteiger partial charge in [-0.3, -0.25) is 4.52 Å². The Morgan fingerprint density at radius 3 is 2.35 bits per heavy atom. The molecule has 1 saturated carbocycles. The molecule has 0 amide bonds. The molecule has 1 atom stereocenters. The first kappa shape index (κ1) is 15.5. The minimum Gasteiger partial charge on any atom is -0.378 e. The molecule has 0 aromatic rings. The highest BCUT2D eigenvalue weighted by atomic mass is 32.5. The second-order valence-corrected chi connectivity index (χ2v) is 8.64. The zero-order chi connectivity index (χ0) is 12.6. The highest BCUT2D eigenvalue weighted by molar-refractivity contribution is 8.10. The van der Waals surface area contributed by atoms with E-state index in [9.17, 15) is 0 Å². The van der Waals surface area contributed by atoms with Crippen LogP contribution in [0.2, 0.25) is 0 Å². The van der Waals surface area contributed by atoms with Crippen LogP contribution in [0.3, 0.4) is 0 Å². The Morgan fingerprint density at radius 2 is 1.76 bits per heavy atom. The Bertz CT molecular complexity index is 242. The summed E-state index contributed by atoms with van der Waals surface area (Å²) in [7, 11) is 0. The molecule has 0 aromatic heterocycles. The molecule has 1 unspecified atom stereocenters. The fraction of sp³-hybridized carbons (Fsp3) is 0.923.